The molecule has 2 aliphatic heterocycles. The fourth-order valence-corrected chi connectivity index (χ4v) is 2.36. The first kappa shape index (κ1) is 12.3. The van der Waals surface area contributed by atoms with Crippen LogP contribution in [0.5, 0.6) is 0 Å². The fraction of sp³-hybridized carbons (Fsp3) is 1.00. The number of rotatable bonds is 5. The summed E-state index contributed by atoms with van der Waals surface area (Å²) in [5.41, 5.74) is 0. The minimum absolute atomic E-state index is 0.444. The monoisotopic (exact) mass is 228 g/mol. The summed E-state index contributed by atoms with van der Waals surface area (Å²) in [7, 11) is 0. The highest BCUT2D eigenvalue weighted by Gasteiger charge is 2.20. The molecular formula is C12H24N2O2. The lowest BCUT2D eigenvalue weighted by atomic mass is 10.2. The summed E-state index contributed by atoms with van der Waals surface area (Å²) in [5, 5.41) is 3.49. The van der Waals surface area contributed by atoms with Crippen molar-refractivity contribution >= 4 is 0 Å². The van der Waals surface area contributed by atoms with E-state index in [4.69, 9.17) is 9.47 Å². The molecule has 1 N–H and O–H groups in total. The van der Waals surface area contributed by atoms with Crippen LogP contribution in [-0.4, -0.2) is 63.0 Å². The van der Waals surface area contributed by atoms with Crippen LogP contribution in [0.2, 0.25) is 0 Å². The van der Waals surface area contributed by atoms with Crippen molar-refractivity contribution in [3.8, 4) is 0 Å². The van der Waals surface area contributed by atoms with Crippen molar-refractivity contribution in [2.24, 2.45) is 0 Å². The van der Waals surface area contributed by atoms with E-state index < -0.39 is 0 Å². The Morgan fingerprint density at radius 1 is 1.25 bits per heavy atom. The zero-order chi connectivity index (χ0) is 11.2. The number of nitrogens with one attached hydrogen (secondary N) is 1. The lowest BCUT2D eigenvalue weighted by Crippen LogP contribution is -2.41. The molecular weight excluding hydrogens is 204 g/mol. The van der Waals surface area contributed by atoms with Crippen LogP contribution in [0.4, 0.5) is 0 Å². The van der Waals surface area contributed by atoms with E-state index in [2.05, 4.69) is 17.1 Å². The summed E-state index contributed by atoms with van der Waals surface area (Å²) >= 11 is 0. The van der Waals surface area contributed by atoms with E-state index in [1.54, 1.807) is 0 Å². The molecule has 0 spiro atoms. The van der Waals surface area contributed by atoms with E-state index in [0.29, 0.717) is 12.2 Å². The topological polar surface area (TPSA) is 33.7 Å². The molecule has 2 heterocycles. The van der Waals surface area contributed by atoms with Gasteiger partial charge >= 0.3 is 0 Å². The van der Waals surface area contributed by atoms with Crippen LogP contribution in [0, 0.1) is 0 Å². The third-order valence-electron chi connectivity index (χ3n) is 3.40. The molecule has 2 aliphatic rings. The first-order valence-corrected chi connectivity index (χ1v) is 6.51. The van der Waals surface area contributed by atoms with Crippen LogP contribution in [0.25, 0.3) is 0 Å². The van der Waals surface area contributed by atoms with Gasteiger partial charge in [-0.1, -0.05) is 0 Å². The van der Waals surface area contributed by atoms with E-state index in [1.165, 1.54) is 12.8 Å². The number of hydrogen-bond donors (Lipinski definition) is 1. The van der Waals surface area contributed by atoms with Gasteiger partial charge in [-0.05, 0) is 19.8 Å². The quantitative estimate of drug-likeness (QED) is 0.694. The van der Waals surface area contributed by atoms with Gasteiger partial charge in [0.15, 0.2) is 0 Å². The summed E-state index contributed by atoms with van der Waals surface area (Å²) in [4.78, 5) is 2.45. The molecule has 0 aliphatic carbocycles. The second kappa shape index (κ2) is 6.55. The van der Waals surface area contributed by atoms with Gasteiger partial charge in [0.05, 0.1) is 25.4 Å². The van der Waals surface area contributed by atoms with Crippen molar-refractivity contribution < 1.29 is 9.47 Å². The van der Waals surface area contributed by atoms with Crippen molar-refractivity contribution in [1.82, 2.24) is 10.2 Å². The van der Waals surface area contributed by atoms with E-state index in [-0.39, 0.29) is 0 Å². The van der Waals surface area contributed by atoms with Crippen LogP contribution in [0.1, 0.15) is 19.8 Å². The predicted octanol–water partition coefficient (Wildman–Crippen LogP) is 0.476. The molecule has 0 aromatic carbocycles. The predicted molar refractivity (Wildman–Crippen MR) is 63.7 cm³/mol. The largest absolute Gasteiger partial charge is 0.379 e. The average molecular weight is 228 g/mol. The minimum atomic E-state index is 0.444. The van der Waals surface area contributed by atoms with E-state index in [0.717, 1.165) is 45.9 Å². The van der Waals surface area contributed by atoms with Crippen LogP contribution in [0.15, 0.2) is 0 Å². The maximum atomic E-state index is 5.76. The summed E-state index contributed by atoms with van der Waals surface area (Å²) in [6, 6.07) is 0. The molecule has 2 rings (SSSR count). The summed E-state index contributed by atoms with van der Waals surface area (Å²) in [6.07, 6.45) is 3.34. The number of ether oxygens (including phenoxy) is 2. The van der Waals surface area contributed by atoms with Crippen molar-refractivity contribution in [1.29, 1.82) is 0 Å². The molecule has 0 bridgehead atoms. The highest BCUT2D eigenvalue weighted by atomic mass is 16.5. The third-order valence-corrected chi connectivity index (χ3v) is 3.40. The Hall–Kier alpha value is -0.160. The Morgan fingerprint density at radius 3 is 2.75 bits per heavy atom. The molecule has 2 unspecified atom stereocenters. The van der Waals surface area contributed by atoms with Crippen molar-refractivity contribution in [2.45, 2.75) is 32.0 Å². The molecule has 0 saturated carbocycles. The molecule has 0 aromatic heterocycles. The smallest absolute Gasteiger partial charge is 0.0704 e. The third kappa shape index (κ3) is 4.01. The molecule has 94 valence electrons. The van der Waals surface area contributed by atoms with Crippen LogP contribution in [0.3, 0.4) is 0 Å². The molecule has 0 radical (unpaired) electrons. The Bertz CT molecular complexity index is 189. The summed E-state index contributed by atoms with van der Waals surface area (Å²) in [5.74, 6) is 0. The maximum absolute atomic E-state index is 5.76. The lowest BCUT2D eigenvalue weighted by molar-refractivity contribution is 0.0361. The van der Waals surface area contributed by atoms with E-state index >= 15 is 0 Å². The standard InChI is InChI=1S/C12H24N2O2/c1-11-2-3-12(16-11)10-13-4-5-14-6-8-15-9-7-14/h11-13H,2-10H2,1H3. The van der Waals surface area contributed by atoms with Gasteiger partial charge < -0.3 is 14.8 Å². The normalized spacial score (nSPS) is 32.1. The van der Waals surface area contributed by atoms with Crippen molar-refractivity contribution in [2.75, 3.05) is 45.9 Å². The molecule has 0 aromatic rings. The highest BCUT2D eigenvalue weighted by Crippen LogP contribution is 2.17. The minimum Gasteiger partial charge on any atom is -0.379 e. The van der Waals surface area contributed by atoms with Crippen molar-refractivity contribution in [3.63, 3.8) is 0 Å². The Labute approximate surface area is 98.3 Å². The Morgan fingerprint density at radius 2 is 2.06 bits per heavy atom. The summed E-state index contributed by atoms with van der Waals surface area (Å²) in [6.45, 7) is 9.31. The zero-order valence-corrected chi connectivity index (χ0v) is 10.3. The molecule has 2 saturated heterocycles. The average Bonchev–Trinajstić information content (AvgIpc) is 2.72. The molecule has 2 fully saturated rings. The van der Waals surface area contributed by atoms with Gasteiger partial charge in [-0.2, -0.15) is 0 Å². The molecule has 4 heteroatoms. The Kier molecular flexibility index (Phi) is 5.03. The molecule has 16 heavy (non-hydrogen) atoms. The second-order valence-corrected chi connectivity index (χ2v) is 4.80. The van der Waals surface area contributed by atoms with Gasteiger partial charge in [-0.3, -0.25) is 4.90 Å². The van der Waals surface area contributed by atoms with Gasteiger partial charge in [0.1, 0.15) is 0 Å². The van der Waals surface area contributed by atoms with Crippen LogP contribution >= 0.6 is 0 Å². The molecule has 4 nitrogen and oxygen atoms in total. The van der Waals surface area contributed by atoms with Gasteiger partial charge in [0, 0.05) is 32.7 Å². The number of hydrogen-bond acceptors (Lipinski definition) is 4. The second-order valence-electron chi connectivity index (χ2n) is 4.80. The Balaban J connectivity index is 1.48. The highest BCUT2D eigenvalue weighted by molar-refractivity contribution is 4.73. The molecule has 0 amide bonds. The maximum Gasteiger partial charge on any atom is 0.0704 e. The molecule has 2 atom stereocenters. The van der Waals surface area contributed by atoms with E-state index in [1.807, 2.05) is 0 Å². The first-order valence-electron chi connectivity index (χ1n) is 6.51. The lowest BCUT2D eigenvalue weighted by Gasteiger charge is -2.26. The van der Waals surface area contributed by atoms with Gasteiger partial charge in [0.2, 0.25) is 0 Å². The zero-order valence-electron chi connectivity index (χ0n) is 10.3. The van der Waals surface area contributed by atoms with Crippen LogP contribution in [-0.2, 0) is 9.47 Å². The van der Waals surface area contributed by atoms with Gasteiger partial charge in [-0.25, -0.2) is 0 Å². The first-order chi connectivity index (χ1) is 7.84. The van der Waals surface area contributed by atoms with E-state index in [9.17, 15) is 0 Å². The van der Waals surface area contributed by atoms with Crippen molar-refractivity contribution in [3.05, 3.63) is 0 Å². The van der Waals surface area contributed by atoms with Gasteiger partial charge in [-0.15, -0.1) is 0 Å². The van der Waals surface area contributed by atoms with Gasteiger partial charge in [0.25, 0.3) is 0 Å². The number of morpholine rings is 1. The van der Waals surface area contributed by atoms with Crippen LogP contribution < -0.4 is 5.32 Å². The SMILES string of the molecule is CC1CCC(CNCCN2CCOCC2)O1. The number of nitrogens with zero attached hydrogens (tertiary/aromatic N) is 1. The fourth-order valence-electron chi connectivity index (χ4n) is 2.36. The summed E-state index contributed by atoms with van der Waals surface area (Å²) < 4.78 is 11.1.